The number of carbonyl (C=O) groups excluding carboxylic acids is 1. The van der Waals surface area contributed by atoms with Gasteiger partial charge in [0.05, 0.1) is 30.7 Å². The minimum Gasteiger partial charge on any atom is -0.494 e. The van der Waals surface area contributed by atoms with Crippen LogP contribution in [0.15, 0.2) is 12.1 Å². The second kappa shape index (κ2) is 10.1. The number of methoxy groups -OCH3 is 1. The Balaban J connectivity index is 1.78. The minimum atomic E-state index is -0.125. The lowest BCUT2D eigenvalue weighted by molar-refractivity contribution is 0.123. The van der Waals surface area contributed by atoms with E-state index in [4.69, 9.17) is 9.47 Å². The molecule has 0 radical (unpaired) electrons. The first-order valence-corrected chi connectivity index (χ1v) is 11.2. The molecule has 1 fully saturated rings. The van der Waals surface area contributed by atoms with Crippen molar-refractivity contribution in [2.75, 3.05) is 50.7 Å². The highest BCUT2D eigenvalue weighted by Gasteiger charge is 2.21. The summed E-state index contributed by atoms with van der Waals surface area (Å²) < 4.78 is 12.0. The highest BCUT2D eigenvalue weighted by Crippen LogP contribution is 2.39. The van der Waals surface area contributed by atoms with E-state index in [1.165, 1.54) is 24.2 Å². The molecule has 3 rings (SSSR count). The Morgan fingerprint density at radius 1 is 1.38 bits per heavy atom. The second-order valence-electron chi connectivity index (χ2n) is 7.47. The van der Waals surface area contributed by atoms with Crippen molar-refractivity contribution in [1.82, 2.24) is 9.88 Å². The van der Waals surface area contributed by atoms with Crippen molar-refractivity contribution < 1.29 is 14.3 Å². The maximum Gasteiger partial charge on any atom is 0.323 e. The van der Waals surface area contributed by atoms with Gasteiger partial charge >= 0.3 is 6.03 Å². The molecule has 7 nitrogen and oxygen atoms in total. The van der Waals surface area contributed by atoms with Crippen molar-refractivity contribution in [1.29, 1.82) is 0 Å². The fourth-order valence-electron chi connectivity index (χ4n) is 3.50. The van der Waals surface area contributed by atoms with Gasteiger partial charge in [0.2, 0.25) is 0 Å². The maximum absolute atomic E-state index is 12.7. The molecule has 1 unspecified atom stereocenters. The van der Waals surface area contributed by atoms with Gasteiger partial charge in [0.1, 0.15) is 11.3 Å². The number of nitrogens with zero attached hydrogens (tertiary/aromatic N) is 3. The molecule has 0 saturated carbocycles. The van der Waals surface area contributed by atoms with E-state index in [0.29, 0.717) is 5.13 Å². The molecule has 8 heteroatoms. The Hall–Kier alpha value is -2.06. The summed E-state index contributed by atoms with van der Waals surface area (Å²) in [7, 11) is 3.49. The fraction of sp³-hybridized carbons (Fsp3) is 0.619. The average molecular weight is 421 g/mol. The normalized spacial score (nSPS) is 15.4. The van der Waals surface area contributed by atoms with Crippen LogP contribution in [0, 0.1) is 0 Å². The SMILES string of the molecule is CCCCCC(C)N(C)C(=O)Nc1nc2c(OC)ccc(N3CCOCC3)c2s1. The van der Waals surface area contributed by atoms with Crippen LogP contribution in [0.5, 0.6) is 5.75 Å². The third kappa shape index (κ3) is 5.11. The lowest BCUT2D eigenvalue weighted by Crippen LogP contribution is -2.38. The van der Waals surface area contributed by atoms with Gasteiger partial charge in [0.15, 0.2) is 5.13 Å². The van der Waals surface area contributed by atoms with Crippen molar-refractivity contribution in [3.8, 4) is 5.75 Å². The lowest BCUT2D eigenvalue weighted by atomic mass is 10.1. The summed E-state index contributed by atoms with van der Waals surface area (Å²) in [5.74, 6) is 0.718. The number of aromatic nitrogens is 1. The van der Waals surface area contributed by atoms with E-state index < -0.39 is 0 Å². The van der Waals surface area contributed by atoms with Gasteiger partial charge in [0, 0.05) is 26.2 Å². The Labute approximate surface area is 177 Å². The topological polar surface area (TPSA) is 66.9 Å². The Kier molecular flexibility index (Phi) is 7.55. The molecule has 2 heterocycles. The van der Waals surface area contributed by atoms with Crippen LogP contribution in [0.2, 0.25) is 0 Å². The van der Waals surface area contributed by atoms with E-state index in [1.807, 2.05) is 13.1 Å². The molecule has 1 saturated heterocycles. The molecule has 1 aliphatic heterocycles. The Bertz CT molecular complexity index is 820. The fourth-order valence-corrected chi connectivity index (χ4v) is 4.52. The molecule has 1 aliphatic rings. The number of thiazole rings is 1. The van der Waals surface area contributed by atoms with Gasteiger partial charge in [0.25, 0.3) is 0 Å². The van der Waals surface area contributed by atoms with Crippen LogP contribution in [-0.2, 0) is 4.74 Å². The molecule has 1 atom stereocenters. The van der Waals surface area contributed by atoms with Gasteiger partial charge < -0.3 is 19.3 Å². The number of ether oxygens (including phenoxy) is 2. The lowest BCUT2D eigenvalue weighted by Gasteiger charge is -2.29. The number of urea groups is 1. The maximum atomic E-state index is 12.7. The zero-order valence-electron chi connectivity index (χ0n) is 17.9. The van der Waals surface area contributed by atoms with Crippen LogP contribution in [0.1, 0.15) is 39.5 Å². The number of benzene rings is 1. The van der Waals surface area contributed by atoms with Gasteiger partial charge in [-0.3, -0.25) is 5.32 Å². The third-order valence-electron chi connectivity index (χ3n) is 5.48. The average Bonchev–Trinajstić information content (AvgIpc) is 3.16. The minimum absolute atomic E-state index is 0.125. The number of morpholine rings is 1. The van der Waals surface area contributed by atoms with Gasteiger partial charge in [-0.2, -0.15) is 0 Å². The highest BCUT2D eigenvalue weighted by molar-refractivity contribution is 7.23. The number of carbonyl (C=O) groups is 1. The van der Waals surface area contributed by atoms with Gasteiger partial charge in [-0.1, -0.05) is 37.5 Å². The number of rotatable bonds is 8. The number of amides is 2. The van der Waals surface area contributed by atoms with E-state index >= 15 is 0 Å². The summed E-state index contributed by atoms with van der Waals surface area (Å²) in [4.78, 5) is 21.5. The molecular formula is C21H32N4O3S. The Morgan fingerprint density at radius 2 is 2.14 bits per heavy atom. The van der Waals surface area contributed by atoms with Crippen molar-refractivity contribution >= 4 is 38.4 Å². The molecule has 160 valence electrons. The van der Waals surface area contributed by atoms with Crippen molar-refractivity contribution in [3.63, 3.8) is 0 Å². The van der Waals surface area contributed by atoms with Crippen LogP contribution in [0.25, 0.3) is 10.2 Å². The van der Waals surface area contributed by atoms with Gasteiger partial charge in [-0.05, 0) is 25.5 Å². The van der Waals surface area contributed by atoms with Crippen LogP contribution < -0.4 is 15.0 Å². The zero-order chi connectivity index (χ0) is 20.8. The quantitative estimate of drug-likeness (QED) is 0.634. The summed E-state index contributed by atoms with van der Waals surface area (Å²) in [6.07, 6.45) is 4.52. The molecule has 1 N–H and O–H groups in total. The molecule has 2 aromatic rings. The molecule has 29 heavy (non-hydrogen) atoms. The molecular weight excluding hydrogens is 388 g/mol. The van der Waals surface area contributed by atoms with E-state index in [0.717, 1.165) is 60.8 Å². The van der Waals surface area contributed by atoms with Crippen LogP contribution in [-0.4, -0.2) is 62.4 Å². The monoisotopic (exact) mass is 420 g/mol. The first kappa shape index (κ1) is 21.6. The second-order valence-corrected chi connectivity index (χ2v) is 8.47. The number of nitrogens with one attached hydrogen (secondary N) is 1. The standard InChI is InChI=1S/C21H32N4O3S/c1-5-6-7-8-15(2)24(3)21(26)23-20-22-18-17(27-4)10-9-16(19(18)29-20)25-11-13-28-14-12-25/h9-10,15H,5-8,11-14H2,1-4H3,(H,22,23,26). The highest BCUT2D eigenvalue weighted by atomic mass is 32.1. The number of unbranched alkanes of at least 4 members (excludes halogenated alkanes) is 2. The number of fused-ring (bicyclic) bond motifs is 1. The van der Waals surface area contributed by atoms with Crippen LogP contribution >= 0.6 is 11.3 Å². The largest absolute Gasteiger partial charge is 0.494 e. The summed E-state index contributed by atoms with van der Waals surface area (Å²) in [6, 6.07) is 4.08. The van der Waals surface area contributed by atoms with Crippen LogP contribution in [0.3, 0.4) is 0 Å². The predicted molar refractivity (Wildman–Crippen MR) is 120 cm³/mol. The first-order chi connectivity index (χ1) is 14.0. The van der Waals surface area contributed by atoms with E-state index in [1.54, 1.807) is 12.0 Å². The summed E-state index contributed by atoms with van der Waals surface area (Å²) in [5.41, 5.74) is 1.90. The number of hydrogen-bond acceptors (Lipinski definition) is 6. The zero-order valence-corrected chi connectivity index (χ0v) is 18.7. The van der Waals surface area contributed by atoms with Crippen molar-refractivity contribution in [2.24, 2.45) is 0 Å². The molecule has 2 amide bonds. The number of hydrogen-bond donors (Lipinski definition) is 1. The van der Waals surface area contributed by atoms with Crippen molar-refractivity contribution in [2.45, 2.75) is 45.6 Å². The molecule has 0 bridgehead atoms. The van der Waals surface area contributed by atoms with Crippen molar-refractivity contribution in [3.05, 3.63) is 12.1 Å². The van der Waals surface area contributed by atoms with E-state index in [2.05, 4.69) is 35.1 Å². The van der Waals surface area contributed by atoms with E-state index in [9.17, 15) is 4.79 Å². The van der Waals surface area contributed by atoms with Crippen LogP contribution in [0.4, 0.5) is 15.6 Å². The van der Waals surface area contributed by atoms with Gasteiger partial charge in [-0.15, -0.1) is 0 Å². The molecule has 0 spiro atoms. The molecule has 0 aliphatic carbocycles. The molecule has 1 aromatic heterocycles. The third-order valence-corrected chi connectivity index (χ3v) is 6.47. The van der Waals surface area contributed by atoms with Gasteiger partial charge in [-0.25, -0.2) is 9.78 Å². The summed E-state index contributed by atoms with van der Waals surface area (Å²) >= 11 is 1.49. The molecule has 1 aromatic carbocycles. The predicted octanol–water partition coefficient (Wildman–Crippen LogP) is 4.57. The van der Waals surface area contributed by atoms with E-state index in [-0.39, 0.29) is 12.1 Å². The number of anilines is 2. The smallest absolute Gasteiger partial charge is 0.323 e. The summed E-state index contributed by atoms with van der Waals surface area (Å²) in [5, 5.41) is 3.57. The summed E-state index contributed by atoms with van der Waals surface area (Å²) in [6.45, 7) is 7.41. The Morgan fingerprint density at radius 3 is 2.83 bits per heavy atom. The first-order valence-electron chi connectivity index (χ1n) is 10.4.